The van der Waals surface area contributed by atoms with Crippen molar-refractivity contribution in [2.24, 2.45) is 0 Å². The molecule has 1 aromatic heterocycles. The third-order valence-corrected chi connectivity index (χ3v) is 4.56. The van der Waals surface area contributed by atoms with Gasteiger partial charge in [0.15, 0.2) is 12.0 Å². The van der Waals surface area contributed by atoms with Crippen LogP contribution in [0.1, 0.15) is 9.67 Å². The molecule has 0 saturated carbocycles. The number of carbonyl (C=O) groups excluding carboxylic acids is 1. The van der Waals surface area contributed by atoms with Gasteiger partial charge in [-0.2, -0.15) is 8.42 Å². The molecule has 0 aliphatic rings. The summed E-state index contributed by atoms with van der Waals surface area (Å²) in [5.74, 6) is -0.0175. The van der Waals surface area contributed by atoms with Crippen LogP contribution >= 0.6 is 34.5 Å². The first-order valence-electron chi connectivity index (χ1n) is 4.85. The van der Waals surface area contributed by atoms with Crippen LogP contribution in [0.25, 0.3) is 0 Å². The highest BCUT2D eigenvalue weighted by molar-refractivity contribution is 7.87. The number of aldehydes is 1. The average molecular weight is 337 g/mol. The molecule has 1 aromatic carbocycles. The third-order valence-electron chi connectivity index (χ3n) is 2.09. The van der Waals surface area contributed by atoms with Gasteiger partial charge >= 0.3 is 10.1 Å². The summed E-state index contributed by atoms with van der Waals surface area (Å²) in [5, 5.41) is 1.91. The maximum atomic E-state index is 12.0. The van der Waals surface area contributed by atoms with Gasteiger partial charge in [-0.3, -0.25) is 4.79 Å². The fraction of sp³-hybridized carbons (Fsp3) is 0. The lowest BCUT2D eigenvalue weighted by Crippen LogP contribution is -2.10. The first kappa shape index (κ1) is 14.3. The van der Waals surface area contributed by atoms with Gasteiger partial charge in [0.1, 0.15) is 9.77 Å². The summed E-state index contributed by atoms with van der Waals surface area (Å²) in [6, 6.07) is 5.24. The molecule has 2 rings (SSSR count). The molecule has 4 nitrogen and oxygen atoms in total. The van der Waals surface area contributed by atoms with Gasteiger partial charge in [-0.05, 0) is 29.6 Å². The van der Waals surface area contributed by atoms with Gasteiger partial charge in [-0.1, -0.05) is 23.2 Å². The van der Waals surface area contributed by atoms with Crippen molar-refractivity contribution in [2.45, 2.75) is 4.90 Å². The zero-order valence-electron chi connectivity index (χ0n) is 9.17. The Morgan fingerprint density at radius 2 is 1.79 bits per heavy atom. The van der Waals surface area contributed by atoms with Crippen LogP contribution in [0.2, 0.25) is 10.0 Å². The molecule has 0 saturated heterocycles. The van der Waals surface area contributed by atoms with Crippen molar-refractivity contribution in [3.05, 3.63) is 44.6 Å². The van der Waals surface area contributed by atoms with Crippen LogP contribution in [0.5, 0.6) is 5.75 Å². The fourth-order valence-corrected chi connectivity index (χ4v) is 3.65. The Kier molecular flexibility index (Phi) is 4.15. The minimum absolute atomic E-state index is 0.0175. The molecule has 19 heavy (non-hydrogen) atoms. The number of hydrogen-bond donors (Lipinski definition) is 0. The van der Waals surface area contributed by atoms with E-state index in [1.54, 1.807) is 5.38 Å². The van der Waals surface area contributed by atoms with Crippen LogP contribution in [0.15, 0.2) is 34.5 Å². The molecule has 0 amide bonds. The van der Waals surface area contributed by atoms with E-state index in [0.29, 0.717) is 6.29 Å². The zero-order chi connectivity index (χ0) is 14.0. The highest BCUT2D eigenvalue weighted by atomic mass is 35.5. The minimum Gasteiger partial charge on any atom is -0.377 e. The molecular formula is C11H6Cl2O4S2. The second-order valence-corrected chi connectivity index (χ2v) is 6.78. The number of rotatable bonds is 4. The Morgan fingerprint density at radius 1 is 1.16 bits per heavy atom. The lowest BCUT2D eigenvalue weighted by Gasteiger charge is -2.07. The average Bonchev–Trinajstić information content (AvgIpc) is 2.74. The van der Waals surface area contributed by atoms with E-state index in [1.165, 1.54) is 24.3 Å². The Bertz CT molecular complexity index is 702. The highest BCUT2D eigenvalue weighted by Crippen LogP contribution is 2.28. The molecule has 0 aliphatic carbocycles. The van der Waals surface area contributed by atoms with Crippen LogP contribution in [0.3, 0.4) is 0 Å². The van der Waals surface area contributed by atoms with Gasteiger partial charge in [0.2, 0.25) is 0 Å². The highest BCUT2D eigenvalue weighted by Gasteiger charge is 2.20. The minimum atomic E-state index is -4.08. The summed E-state index contributed by atoms with van der Waals surface area (Å²) in [6.45, 7) is 0. The van der Waals surface area contributed by atoms with E-state index in [9.17, 15) is 13.2 Å². The first-order chi connectivity index (χ1) is 8.92. The summed E-state index contributed by atoms with van der Waals surface area (Å²) in [6.07, 6.45) is 0.528. The predicted octanol–water partition coefficient (Wildman–Crippen LogP) is 3.64. The van der Waals surface area contributed by atoms with Crippen LogP contribution in [0.4, 0.5) is 0 Å². The lowest BCUT2D eigenvalue weighted by molar-refractivity contribution is 0.112. The van der Waals surface area contributed by atoms with Crippen molar-refractivity contribution in [1.29, 1.82) is 0 Å². The first-order valence-corrected chi connectivity index (χ1v) is 7.90. The molecule has 2 aromatic rings. The Labute approximate surface area is 123 Å². The van der Waals surface area contributed by atoms with Crippen molar-refractivity contribution in [3.63, 3.8) is 0 Å². The van der Waals surface area contributed by atoms with Gasteiger partial charge in [-0.15, -0.1) is 11.3 Å². The molecule has 0 radical (unpaired) electrons. The van der Waals surface area contributed by atoms with E-state index in [1.807, 2.05) is 0 Å². The van der Waals surface area contributed by atoms with Crippen LogP contribution in [0, 0.1) is 0 Å². The number of carbonyl (C=O) groups is 1. The van der Waals surface area contributed by atoms with Crippen LogP contribution < -0.4 is 4.18 Å². The van der Waals surface area contributed by atoms with E-state index in [-0.39, 0.29) is 25.6 Å². The van der Waals surface area contributed by atoms with E-state index in [4.69, 9.17) is 27.4 Å². The van der Waals surface area contributed by atoms with Crippen LogP contribution in [-0.4, -0.2) is 14.7 Å². The Balaban J connectivity index is 2.40. The molecule has 0 aliphatic heterocycles. The number of benzene rings is 1. The molecule has 0 atom stereocenters. The quantitative estimate of drug-likeness (QED) is 0.631. The molecular weight excluding hydrogens is 331 g/mol. The van der Waals surface area contributed by atoms with Gasteiger partial charge < -0.3 is 4.18 Å². The monoisotopic (exact) mass is 336 g/mol. The standard InChI is InChI=1S/C11H6Cl2O4S2/c12-7-3-8(13)5-9(4-7)19(15,16)17-10-1-2-18-11(10)6-14/h1-6H. The second-order valence-electron chi connectivity index (χ2n) is 3.41. The molecule has 100 valence electrons. The number of hydrogen-bond acceptors (Lipinski definition) is 5. The molecule has 0 spiro atoms. The summed E-state index contributed by atoms with van der Waals surface area (Å²) in [5.41, 5.74) is 0. The predicted molar refractivity (Wildman–Crippen MR) is 74.0 cm³/mol. The Hall–Kier alpha value is -1.08. The maximum Gasteiger partial charge on any atom is 0.339 e. The van der Waals surface area contributed by atoms with Crippen molar-refractivity contribution in [1.82, 2.24) is 0 Å². The largest absolute Gasteiger partial charge is 0.377 e. The van der Waals surface area contributed by atoms with Gasteiger partial charge in [0.05, 0.1) is 0 Å². The van der Waals surface area contributed by atoms with Crippen molar-refractivity contribution >= 4 is 50.9 Å². The molecule has 1 heterocycles. The summed E-state index contributed by atoms with van der Waals surface area (Å²) in [7, 11) is -4.08. The van der Waals surface area contributed by atoms with Crippen LogP contribution in [-0.2, 0) is 10.1 Å². The normalized spacial score (nSPS) is 11.3. The molecule has 0 fully saturated rings. The number of thiophene rings is 1. The van der Waals surface area contributed by atoms with Gasteiger partial charge in [0, 0.05) is 10.0 Å². The van der Waals surface area contributed by atoms with Gasteiger partial charge in [-0.25, -0.2) is 0 Å². The molecule has 0 N–H and O–H groups in total. The van der Waals surface area contributed by atoms with E-state index in [0.717, 1.165) is 11.3 Å². The van der Waals surface area contributed by atoms with E-state index >= 15 is 0 Å². The van der Waals surface area contributed by atoms with Gasteiger partial charge in [0.25, 0.3) is 0 Å². The second kappa shape index (κ2) is 5.50. The molecule has 0 bridgehead atoms. The topological polar surface area (TPSA) is 60.4 Å². The maximum absolute atomic E-state index is 12.0. The lowest BCUT2D eigenvalue weighted by atomic mass is 10.4. The SMILES string of the molecule is O=Cc1sccc1OS(=O)(=O)c1cc(Cl)cc(Cl)c1. The smallest absolute Gasteiger partial charge is 0.339 e. The summed E-state index contributed by atoms with van der Waals surface area (Å²) in [4.78, 5) is 10.7. The zero-order valence-corrected chi connectivity index (χ0v) is 12.3. The molecule has 0 unspecified atom stereocenters. The fourth-order valence-electron chi connectivity index (χ4n) is 1.30. The summed E-state index contributed by atoms with van der Waals surface area (Å²) >= 11 is 12.6. The molecule has 8 heteroatoms. The Morgan fingerprint density at radius 3 is 2.37 bits per heavy atom. The van der Waals surface area contributed by atoms with E-state index in [2.05, 4.69) is 0 Å². The summed E-state index contributed by atoms with van der Waals surface area (Å²) < 4.78 is 28.9. The van der Waals surface area contributed by atoms with Crippen molar-refractivity contribution in [3.8, 4) is 5.75 Å². The third kappa shape index (κ3) is 3.27. The van der Waals surface area contributed by atoms with Crippen molar-refractivity contribution in [2.75, 3.05) is 0 Å². The number of halogens is 2. The van der Waals surface area contributed by atoms with E-state index < -0.39 is 10.1 Å². The van der Waals surface area contributed by atoms with Crippen molar-refractivity contribution < 1.29 is 17.4 Å².